The van der Waals surface area contributed by atoms with Crippen LogP contribution in [-0.4, -0.2) is 27.6 Å². The van der Waals surface area contributed by atoms with E-state index in [0.717, 1.165) is 89.7 Å². The van der Waals surface area contributed by atoms with Crippen LogP contribution in [0.1, 0.15) is 75.8 Å². The largest absolute Gasteiger partial charge is 0.501 e. The SMILES string of the molecule is CC(C)c1cc(-c2ccccc2)cc(C(C)C)c1-n1c(-c2[c-]ccc3c2oc2ccccc23)nc2ccccc21.Cc1cc2oc3c(-c4cc(CC(C)C)c([Si](C)(C)C)cn4)[c-]ccc3c2cn1.[Ir]. The quantitative estimate of drug-likeness (QED) is 0.106. The van der Waals surface area contributed by atoms with Crippen LogP contribution < -0.4 is 5.19 Å². The van der Waals surface area contributed by atoms with Crippen LogP contribution in [0.25, 0.3) is 94.4 Å². The van der Waals surface area contributed by atoms with Crippen LogP contribution in [0.2, 0.25) is 19.6 Å². The molecule has 0 bridgehead atoms. The molecular formula is C61H58IrN4O2Si-2. The van der Waals surface area contributed by atoms with Gasteiger partial charge in [-0.15, -0.1) is 36.4 Å². The number of pyridine rings is 2. The second kappa shape index (κ2) is 19.2. The van der Waals surface area contributed by atoms with Gasteiger partial charge >= 0.3 is 0 Å². The van der Waals surface area contributed by atoms with Crippen LogP contribution in [-0.2, 0) is 26.5 Å². The number of fused-ring (bicyclic) bond motifs is 7. The Kier molecular flexibility index (Phi) is 13.2. The first-order valence-electron chi connectivity index (χ1n) is 24.0. The third kappa shape index (κ3) is 9.02. The zero-order valence-corrected chi connectivity index (χ0v) is 44.6. The number of aromatic nitrogens is 4. The topological polar surface area (TPSA) is 69.9 Å². The summed E-state index contributed by atoms with van der Waals surface area (Å²) in [4.78, 5) is 14.5. The predicted molar refractivity (Wildman–Crippen MR) is 286 cm³/mol. The number of aryl methyl sites for hydroxylation is 1. The average Bonchev–Trinajstić information content (AvgIpc) is 4.02. The Morgan fingerprint density at radius 2 is 1.23 bits per heavy atom. The van der Waals surface area contributed by atoms with Gasteiger partial charge in [-0.05, 0) is 94.6 Å². The smallest absolute Gasteiger partial charge is 0.124 e. The maximum atomic E-state index is 6.47. The fourth-order valence-corrected chi connectivity index (χ4v) is 11.3. The van der Waals surface area contributed by atoms with Gasteiger partial charge in [0.1, 0.15) is 11.2 Å². The molecule has 0 saturated heterocycles. The van der Waals surface area contributed by atoms with E-state index in [4.69, 9.17) is 18.8 Å². The molecule has 5 heterocycles. The molecule has 0 N–H and O–H groups in total. The van der Waals surface area contributed by atoms with Crippen LogP contribution in [0.3, 0.4) is 0 Å². The number of hydrogen-bond acceptors (Lipinski definition) is 5. The van der Waals surface area contributed by atoms with Crippen molar-refractivity contribution >= 4 is 68.2 Å². The average molecular weight is 1100 g/mol. The minimum absolute atomic E-state index is 0. The Bertz CT molecular complexity index is 3620. The summed E-state index contributed by atoms with van der Waals surface area (Å²) in [6, 6.07) is 51.3. The summed E-state index contributed by atoms with van der Waals surface area (Å²) >= 11 is 0. The molecule has 349 valence electrons. The first kappa shape index (κ1) is 47.6. The predicted octanol–water partition coefficient (Wildman–Crippen LogP) is 16.2. The van der Waals surface area contributed by atoms with Crippen molar-refractivity contribution in [1.29, 1.82) is 0 Å². The van der Waals surface area contributed by atoms with Crippen LogP contribution in [0.15, 0.2) is 149 Å². The molecule has 0 spiro atoms. The number of rotatable bonds is 9. The Hall–Kier alpha value is -6.44. The molecule has 0 fully saturated rings. The fraction of sp³-hybridized carbons (Fsp3) is 0.230. The molecule has 0 unspecified atom stereocenters. The van der Waals surface area contributed by atoms with Crippen LogP contribution >= 0.6 is 0 Å². The van der Waals surface area contributed by atoms with Crippen molar-refractivity contribution in [2.75, 3.05) is 0 Å². The third-order valence-electron chi connectivity index (χ3n) is 13.0. The van der Waals surface area contributed by atoms with E-state index in [1.807, 2.05) is 49.5 Å². The normalized spacial score (nSPS) is 12.0. The van der Waals surface area contributed by atoms with Crippen LogP contribution in [0.5, 0.6) is 0 Å². The van der Waals surface area contributed by atoms with Gasteiger partial charge in [0.25, 0.3) is 0 Å². The van der Waals surface area contributed by atoms with E-state index in [1.165, 1.54) is 38.7 Å². The van der Waals surface area contributed by atoms with Gasteiger partial charge in [-0.25, -0.2) is 0 Å². The number of imidazole rings is 1. The molecule has 0 aliphatic rings. The molecule has 69 heavy (non-hydrogen) atoms. The molecule has 5 aromatic heterocycles. The first-order chi connectivity index (χ1) is 32.7. The molecular weight excluding hydrogens is 1040 g/mol. The minimum Gasteiger partial charge on any atom is -0.501 e. The van der Waals surface area contributed by atoms with Crippen molar-refractivity contribution in [3.05, 3.63) is 174 Å². The van der Waals surface area contributed by atoms with E-state index in [2.05, 4.69) is 180 Å². The molecule has 1 radical (unpaired) electrons. The Morgan fingerprint density at radius 3 is 1.93 bits per heavy atom. The van der Waals surface area contributed by atoms with Crippen molar-refractivity contribution in [3.63, 3.8) is 0 Å². The van der Waals surface area contributed by atoms with E-state index in [9.17, 15) is 0 Å². The molecule has 6 aromatic carbocycles. The van der Waals surface area contributed by atoms with E-state index in [1.54, 1.807) is 0 Å². The molecule has 0 atom stereocenters. The maximum absolute atomic E-state index is 6.47. The monoisotopic (exact) mass is 1100 g/mol. The summed E-state index contributed by atoms with van der Waals surface area (Å²) < 4.78 is 15.1. The Balaban J connectivity index is 0.000000180. The van der Waals surface area contributed by atoms with Gasteiger partial charge in [0.05, 0.1) is 36.1 Å². The first-order valence-corrected chi connectivity index (χ1v) is 27.5. The van der Waals surface area contributed by atoms with Crippen LogP contribution in [0.4, 0.5) is 0 Å². The molecule has 0 aliphatic heterocycles. The van der Waals surface area contributed by atoms with E-state index < -0.39 is 8.07 Å². The molecule has 0 amide bonds. The minimum atomic E-state index is -1.46. The zero-order valence-electron chi connectivity index (χ0n) is 41.2. The van der Waals surface area contributed by atoms with E-state index in [0.29, 0.717) is 17.8 Å². The number of para-hydroxylation sites is 3. The van der Waals surface area contributed by atoms with Gasteiger partial charge in [-0.1, -0.05) is 155 Å². The summed E-state index contributed by atoms with van der Waals surface area (Å²) in [5.74, 6) is 2.06. The van der Waals surface area contributed by atoms with E-state index >= 15 is 0 Å². The molecule has 0 aliphatic carbocycles. The molecule has 8 heteroatoms. The van der Waals surface area contributed by atoms with Crippen molar-refractivity contribution in [3.8, 4) is 39.5 Å². The Morgan fingerprint density at radius 1 is 0.609 bits per heavy atom. The van der Waals surface area contributed by atoms with Crippen molar-refractivity contribution in [2.45, 2.75) is 86.4 Å². The standard InChI is InChI=1S/C37H31N2O.C24H27N2OSi.Ir/c1-23(2)30-21-26(25-13-6-5-7-14-25)22-31(24(3)4)35(30)39-33-19-10-9-18-32(33)38-37(39)29-17-12-16-28-27-15-8-11-20-34(27)40-36(28)29;1-15(2)10-17-12-21(26-14-23(17)28(4,5)6)19-9-7-8-18-20-13-25-16(3)11-22(20)27-24(18)19;/h5-16,18-24H,1-4H3;7-8,11-15H,10H2,1-6H3;/q2*-1;. The van der Waals surface area contributed by atoms with Crippen molar-refractivity contribution in [2.24, 2.45) is 5.92 Å². The molecule has 11 rings (SSSR count). The van der Waals surface area contributed by atoms with Gasteiger partial charge in [0, 0.05) is 60.7 Å². The van der Waals surface area contributed by atoms with Gasteiger partial charge in [-0.2, -0.15) is 0 Å². The summed E-state index contributed by atoms with van der Waals surface area (Å²) in [5, 5.41) is 5.74. The molecule has 6 nitrogen and oxygen atoms in total. The Labute approximate surface area is 420 Å². The summed E-state index contributed by atoms with van der Waals surface area (Å²) in [5.41, 5.74) is 16.8. The van der Waals surface area contributed by atoms with Crippen molar-refractivity contribution in [1.82, 2.24) is 19.5 Å². The second-order valence-corrected chi connectivity index (χ2v) is 25.3. The van der Waals surface area contributed by atoms with Gasteiger partial charge in [0.15, 0.2) is 0 Å². The number of nitrogens with zero attached hydrogens (tertiary/aromatic N) is 4. The van der Waals surface area contributed by atoms with Gasteiger partial charge in [0.2, 0.25) is 0 Å². The van der Waals surface area contributed by atoms with Gasteiger partial charge < -0.3 is 18.4 Å². The van der Waals surface area contributed by atoms with Crippen LogP contribution in [0, 0.1) is 25.0 Å². The number of benzene rings is 6. The zero-order chi connectivity index (χ0) is 47.4. The maximum Gasteiger partial charge on any atom is 0.124 e. The van der Waals surface area contributed by atoms with Gasteiger partial charge in [-0.3, -0.25) is 9.97 Å². The summed E-state index contributed by atoms with van der Waals surface area (Å²) in [6.07, 6.45) is 5.06. The third-order valence-corrected chi connectivity index (χ3v) is 15.1. The number of furan rings is 2. The second-order valence-electron chi connectivity index (χ2n) is 20.2. The summed E-state index contributed by atoms with van der Waals surface area (Å²) in [6.45, 7) is 22.8. The van der Waals surface area contributed by atoms with E-state index in [-0.39, 0.29) is 20.1 Å². The van der Waals surface area contributed by atoms with Crippen molar-refractivity contribution < 1.29 is 28.9 Å². The molecule has 11 aromatic rings. The number of hydrogen-bond donors (Lipinski definition) is 0. The summed E-state index contributed by atoms with van der Waals surface area (Å²) in [7, 11) is -1.46. The fourth-order valence-electron chi connectivity index (χ4n) is 9.73. The molecule has 0 saturated carbocycles.